The highest BCUT2D eigenvalue weighted by molar-refractivity contribution is 5.75. The molecular formula is C9H14N4O2. The standard InChI is InChI=1S/C9H14N4O2/c1-9(2,5-6(10)14)13-7-8(15)12-4-3-11-7/h3-4H,5H2,1-2H3,(H2,10,14)(H,11,13)(H,12,15). The zero-order chi connectivity index (χ0) is 11.5. The lowest BCUT2D eigenvalue weighted by Gasteiger charge is -2.24. The molecule has 4 N–H and O–H groups in total. The molecule has 1 rings (SSSR count). The molecule has 1 aromatic rings. The average Bonchev–Trinajstić information content (AvgIpc) is 2.06. The molecule has 0 aliphatic heterocycles. The fourth-order valence-electron chi connectivity index (χ4n) is 1.24. The van der Waals surface area contributed by atoms with Gasteiger partial charge in [-0.2, -0.15) is 0 Å². The Hall–Kier alpha value is -1.85. The zero-order valence-electron chi connectivity index (χ0n) is 8.70. The van der Waals surface area contributed by atoms with Crippen molar-refractivity contribution in [1.29, 1.82) is 0 Å². The number of carbonyl (C=O) groups excluding carboxylic acids is 1. The Bertz CT molecular complexity index is 411. The number of amides is 1. The van der Waals surface area contributed by atoms with Gasteiger partial charge in [0.1, 0.15) is 0 Å². The highest BCUT2D eigenvalue weighted by Gasteiger charge is 2.21. The Labute approximate surface area is 86.9 Å². The first-order chi connectivity index (χ1) is 6.91. The van der Waals surface area contributed by atoms with Crippen LogP contribution in [0.2, 0.25) is 0 Å². The largest absolute Gasteiger partial charge is 0.370 e. The van der Waals surface area contributed by atoms with Gasteiger partial charge in [0.25, 0.3) is 5.56 Å². The smallest absolute Gasteiger partial charge is 0.290 e. The van der Waals surface area contributed by atoms with Crippen molar-refractivity contribution in [1.82, 2.24) is 9.97 Å². The molecule has 0 fully saturated rings. The molecule has 0 aromatic carbocycles. The third-order valence-corrected chi connectivity index (χ3v) is 1.78. The molecule has 1 amide bonds. The van der Waals surface area contributed by atoms with Gasteiger partial charge in [-0.25, -0.2) is 4.98 Å². The maximum Gasteiger partial charge on any atom is 0.290 e. The molecule has 15 heavy (non-hydrogen) atoms. The van der Waals surface area contributed by atoms with Gasteiger partial charge in [0.05, 0.1) is 0 Å². The van der Waals surface area contributed by atoms with Crippen LogP contribution >= 0.6 is 0 Å². The number of aromatic nitrogens is 2. The monoisotopic (exact) mass is 210 g/mol. The van der Waals surface area contributed by atoms with Crippen LogP contribution in [0.25, 0.3) is 0 Å². The fraction of sp³-hybridized carbons (Fsp3) is 0.444. The molecular weight excluding hydrogens is 196 g/mol. The topological polar surface area (TPSA) is 101 Å². The summed E-state index contributed by atoms with van der Waals surface area (Å²) in [6.45, 7) is 3.54. The first-order valence-electron chi connectivity index (χ1n) is 4.51. The molecule has 0 atom stereocenters. The minimum absolute atomic E-state index is 0.128. The van der Waals surface area contributed by atoms with Gasteiger partial charge in [0.2, 0.25) is 5.91 Å². The van der Waals surface area contributed by atoms with E-state index in [1.165, 1.54) is 12.4 Å². The van der Waals surface area contributed by atoms with Gasteiger partial charge in [0.15, 0.2) is 5.82 Å². The Morgan fingerprint density at radius 2 is 2.33 bits per heavy atom. The molecule has 0 aliphatic carbocycles. The molecule has 6 nitrogen and oxygen atoms in total. The lowest BCUT2D eigenvalue weighted by molar-refractivity contribution is -0.118. The molecule has 0 aliphatic rings. The van der Waals surface area contributed by atoms with Gasteiger partial charge in [-0.3, -0.25) is 9.59 Å². The zero-order valence-corrected chi connectivity index (χ0v) is 8.70. The Morgan fingerprint density at radius 1 is 1.67 bits per heavy atom. The van der Waals surface area contributed by atoms with Crippen LogP contribution in [0.5, 0.6) is 0 Å². The molecule has 0 saturated heterocycles. The van der Waals surface area contributed by atoms with E-state index in [1.54, 1.807) is 13.8 Å². The summed E-state index contributed by atoms with van der Waals surface area (Å²) in [7, 11) is 0. The lowest BCUT2D eigenvalue weighted by Crippen LogP contribution is -2.38. The first-order valence-corrected chi connectivity index (χ1v) is 4.51. The van der Waals surface area contributed by atoms with Gasteiger partial charge in [-0.05, 0) is 13.8 Å². The van der Waals surface area contributed by atoms with Crippen LogP contribution in [-0.2, 0) is 4.79 Å². The van der Waals surface area contributed by atoms with Crippen molar-refractivity contribution in [3.63, 3.8) is 0 Å². The maximum absolute atomic E-state index is 11.3. The summed E-state index contributed by atoms with van der Waals surface area (Å²) in [5.74, 6) is -0.247. The number of anilines is 1. The van der Waals surface area contributed by atoms with Crippen molar-refractivity contribution in [2.24, 2.45) is 5.73 Å². The van der Waals surface area contributed by atoms with Gasteiger partial charge < -0.3 is 16.0 Å². The number of rotatable bonds is 4. The van der Waals surface area contributed by atoms with Crippen LogP contribution < -0.4 is 16.6 Å². The quantitative estimate of drug-likeness (QED) is 0.642. The van der Waals surface area contributed by atoms with Crippen LogP contribution in [0.15, 0.2) is 17.2 Å². The molecule has 1 aromatic heterocycles. The molecule has 0 spiro atoms. The lowest BCUT2D eigenvalue weighted by atomic mass is 10.0. The van der Waals surface area contributed by atoms with E-state index >= 15 is 0 Å². The summed E-state index contributed by atoms with van der Waals surface area (Å²) < 4.78 is 0. The number of hydrogen-bond acceptors (Lipinski definition) is 4. The number of nitrogens with zero attached hydrogens (tertiary/aromatic N) is 1. The van der Waals surface area contributed by atoms with E-state index in [-0.39, 0.29) is 17.8 Å². The third kappa shape index (κ3) is 3.41. The number of nitrogens with two attached hydrogens (primary N) is 1. The number of nitrogens with one attached hydrogen (secondary N) is 2. The van der Waals surface area contributed by atoms with Gasteiger partial charge in [-0.15, -0.1) is 0 Å². The van der Waals surface area contributed by atoms with E-state index in [2.05, 4.69) is 15.3 Å². The second-order valence-corrected chi connectivity index (χ2v) is 3.92. The number of primary amides is 1. The molecule has 0 saturated carbocycles. The number of H-pyrrole nitrogens is 1. The molecule has 0 radical (unpaired) electrons. The van der Waals surface area contributed by atoms with E-state index in [0.717, 1.165) is 0 Å². The predicted molar refractivity (Wildman–Crippen MR) is 56.4 cm³/mol. The summed E-state index contributed by atoms with van der Waals surface area (Å²) in [4.78, 5) is 28.4. The molecule has 1 heterocycles. The van der Waals surface area contributed by atoms with E-state index in [0.29, 0.717) is 0 Å². The highest BCUT2D eigenvalue weighted by atomic mass is 16.1. The second-order valence-electron chi connectivity index (χ2n) is 3.92. The van der Waals surface area contributed by atoms with Crippen LogP contribution in [0.4, 0.5) is 5.82 Å². The molecule has 0 unspecified atom stereocenters. The SMILES string of the molecule is CC(C)(CC(N)=O)Nc1ncc[nH]c1=O. The van der Waals surface area contributed by atoms with Gasteiger partial charge >= 0.3 is 0 Å². The number of carbonyl (C=O) groups is 1. The van der Waals surface area contributed by atoms with Crippen LogP contribution in [-0.4, -0.2) is 21.4 Å². The van der Waals surface area contributed by atoms with Crippen molar-refractivity contribution < 1.29 is 4.79 Å². The van der Waals surface area contributed by atoms with Crippen LogP contribution in [0, 0.1) is 0 Å². The molecule has 0 bridgehead atoms. The second kappa shape index (κ2) is 4.12. The minimum Gasteiger partial charge on any atom is -0.370 e. The summed E-state index contributed by atoms with van der Waals surface area (Å²) in [6.07, 6.45) is 3.03. The Kier molecular flexibility index (Phi) is 3.08. The van der Waals surface area contributed by atoms with Crippen molar-refractivity contribution in [3.05, 3.63) is 22.7 Å². The number of aromatic amines is 1. The van der Waals surface area contributed by atoms with E-state index < -0.39 is 11.4 Å². The number of hydrogen-bond donors (Lipinski definition) is 3. The van der Waals surface area contributed by atoms with Crippen molar-refractivity contribution >= 4 is 11.7 Å². The van der Waals surface area contributed by atoms with E-state index in [4.69, 9.17) is 5.73 Å². The third-order valence-electron chi connectivity index (χ3n) is 1.78. The molecule has 6 heteroatoms. The van der Waals surface area contributed by atoms with Crippen molar-refractivity contribution in [3.8, 4) is 0 Å². The van der Waals surface area contributed by atoms with E-state index in [9.17, 15) is 9.59 Å². The fourth-order valence-corrected chi connectivity index (χ4v) is 1.24. The first kappa shape index (κ1) is 11.2. The summed E-state index contributed by atoms with van der Waals surface area (Å²) in [5, 5.41) is 2.86. The molecule has 82 valence electrons. The van der Waals surface area contributed by atoms with Gasteiger partial charge in [0, 0.05) is 24.4 Å². The van der Waals surface area contributed by atoms with Crippen molar-refractivity contribution in [2.75, 3.05) is 5.32 Å². The highest BCUT2D eigenvalue weighted by Crippen LogP contribution is 2.12. The van der Waals surface area contributed by atoms with Gasteiger partial charge in [-0.1, -0.05) is 0 Å². The summed E-state index contributed by atoms with van der Waals surface area (Å²) in [6, 6.07) is 0. The van der Waals surface area contributed by atoms with Crippen LogP contribution in [0.3, 0.4) is 0 Å². The Balaban J connectivity index is 2.82. The minimum atomic E-state index is -0.590. The summed E-state index contributed by atoms with van der Waals surface area (Å²) >= 11 is 0. The maximum atomic E-state index is 11.3. The normalized spacial score (nSPS) is 11.1. The van der Waals surface area contributed by atoms with Crippen molar-refractivity contribution in [2.45, 2.75) is 25.8 Å². The average molecular weight is 210 g/mol. The summed E-state index contributed by atoms with van der Waals surface area (Å²) in [5.41, 5.74) is 4.17. The van der Waals surface area contributed by atoms with Crippen LogP contribution in [0.1, 0.15) is 20.3 Å². The van der Waals surface area contributed by atoms with E-state index in [1.807, 2.05) is 0 Å². The predicted octanol–water partition coefficient (Wildman–Crippen LogP) is -0.164. The Morgan fingerprint density at radius 3 is 2.87 bits per heavy atom.